The van der Waals surface area contributed by atoms with Crippen LogP contribution in [0.5, 0.6) is 0 Å². The molecule has 1 fully saturated rings. The van der Waals surface area contributed by atoms with Gasteiger partial charge in [0.1, 0.15) is 0 Å². The molecule has 3 nitrogen and oxygen atoms in total. The van der Waals surface area contributed by atoms with Crippen LogP contribution in [-0.2, 0) is 19.0 Å². The van der Waals surface area contributed by atoms with E-state index in [2.05, 4.69) is 44.3 Å². The average molecular weight is 235 g/mol. The van der Waals surface area contributed by atoms with Crippen LogP contribution in [0.1, 0.15) is 58.2 Å². The maximum Gasteiger partial charge on any atom is 0.0722 e. The van der Waals surface area contributed by atoms with Gasteiger partial charge in [-0.05, 0) is 26.2 Å². The first kappa shape index (κ1) is 12.6. The van der Waals surface area contributed by atoms with E-state index in [0.717, 1.165) is 6.54 Å². The maximum absolute atomic E-state index is 4.60. The summed E-state index contributed by atoms with van der Waals surface area (Å²) in [5, 5.41) is 8.29. The van der Waals surface area contributed by atoms with E-state index in [9.17, 15) is 0 Å². The zero-order chi connectivity index (χ0) is 12.7. The van der Waals surface area contributed by atoms with Crippen LogP contribution in [-0.4, -0.2) is 15.3 Å². The number of aryl methyl sites for hydroxylation is 1. The van der Waals surface area contributed by atoms with E-state index >= 15 is 0 Å². The van der Waals surface area contributed by atoms with Crippen molar-refractivity contribution in [1.82, 2.24) is 15.1 Å². The molecular weight excluding hydrogens is 210 g/mol. The lowest BCUT2D eigenvalue weighted by Crippen LogP contribution is -2.47. The standard InChI is InChI=1S/C14H25N3/c1-13(2,3)12-11(10-17(5)16-12)9-15-14(4)7-6-8-14/h10,15H,6-9H2,1-5H3. The summed E-state index contributed by atoms with van der Waals surface area (Å²) in [5.74, 6) is 0. The fourth-order valence-corrected chi connectivity index (χ4v) is 2.49. The molecule has 0 amide bonds. The summed E-state index contributed by atoms with van der Waals surface area (Å²) in [6, 6.07) is 0. The van der Waals surface area contributed by atoms with E-state index in [1.54, 1.807) is 0 Å². The largest absolute Gasteiger partial charge is 0.307 e. The van der Waals surface area contributed by atoms with Gasteiger partial charge in [-0.3, -0.25) is 4.68 Å². The number of aromatic nitrogens is 2. The first-order valence-electron chi connectivity index (χ1n) is 6.58. The van der Waals surface area contributed by atoms with E-state index in [1.165, 1.54) is 30.5 Å². The second-order valence-corrected chi connectivity index (χ2v) is 6.69. The first-order chi connectivity index (χ1) is 7.80. The third-order valence-corrected chi connectivity index (χ3v) is 3.78. The normalized spacial score (nSPS) is 19.1. The molecular formula is C14H25N3. The molecule has 1 aromatic heterocycles. The molecule has 0 aromatic carbocycles. The van der Waals surface area contributed by atoms with Gasteiger partial charge in [-0.2, -0.15) is 5.10 Å². The molecule has 17 heavy (non-hydrogen) atoms. The van der Waals surface area contributed by atoms with E-state index < -0.39 is 0 Å². The number of hydrogen-bond donors (Lipinski definition) is 1. The highest BCUT2D eigenvalue weighted by Gasteiger charge is 2.31. The lowest BCUT2D eigenvalue weighted by atomic mass is 9.78. The van der Waals surface area contributed by atoms with Gasteiger partial charge in [-0.15, -0.1) is 0 Å². The molecule has 0 atom stereocenters. The molecule has 96 valence electrons. The fourth-order valence-electron chi connectivity index (χ4n) is 2.49. The van der Waals surface area contributed by atoms with Crippen molar-refractivity contribution in [2.45, 2.75) is 64.5 Å². The Labute approximate surface area is 105 Å². The quantitative estimate of drug-likeness (QED) is 0.873. The lowest BCUT2D eigenvalue weighted by molar-refractivity contribution is 0.206. The topological polar surface area (TPSA) is 29.9 Å². The Morgan fingerprint density at radius 1 is 1.41 bits per heavy atom. The Bertz CT molecular complexity index is 394. The SMILES string of the molecule is Cn1cc(CNC2(C)CCC2)c(C(C)(C)C)n1. The van der Waals surface area contributed by atoms with Gasteiger partial charge in [0, 0.05) is 36.3 Å². The third kappa shape index (κ3) is 2.71. The smallest absolute Gasteiger partial charge is 0.0722 e. The van der Waals surface area contributed by atoms with Crippen molar-refractivity contribution in [3.05, 3.63) is 17.5 Å². The van der Waals surface area contributed by atoms with Crippen LogP contribution in [0.25, 0.3) is 0 Å². The van der Waals surface area contributed by atoms with Gasteiger partial charge in [-0.1, -0.05) is 20.8 Å². The Morgan fingerprint density at radius 2 is 2.06 bits per heavy atom. The number of nitrogens with one attached hydrogen (secondary N) is 1. The zero-order valence-corrected chi connectivity index (χ0v) is 11.8. The predicted molar refractivity (Wildman–Crippen MR) is 71.0 cm³/mol. The number of nitrogens with zero attached hydrogens (tertiary/aromatic N) is 2. The minimum Gasteiger partial charge on any atom is -0.307 e. The van der Waals surface area contributed by atoms with Crippen LogP contribution in [0, 0.1) is 0 Å². The summed E-state index contributed by atoms with van der Waals surface area (Å²) in [6.07, 6.45) is 6.12. The average Bonchev–Trinajstić information content (AvgIpc) is 2.53. The number of hydrogen-bond acceptors (Lipinski definition) is 2. The third-order valence-electron chi connectivity index (χ3n) is 3.78. The van der Waals surface area contributed by atoms with Crippen LogP contribution >= 0.6 is 0 Å². The van der Waals surface area contributed by atoms with E-state index in [-0.39, 0.29) is 5.41 Å². The summed E-state index contributed by atoms with van der Waals surface area (Å²) in [7, 11) is 2.00. The lowest BCUT2D eigenvalue weighted by Gasteiger charge is -2.39. The van der Waals surface area contributed by atoms with Gasteiger partial charge in [0.25, 0.3) is 0 Å². The second-order valence-electron chi connectivity index (χ2n) is 6.69. The Morgan fingerprint density at radius 3 is 2.53 bits per heavy atom. The van der Waals surface area contributed by atoms with Crippen LogP contribution < -0.4 is 5.32 Å². The zero-order valence-electron chi connectivity index (χ0n) is 11.8. The van der Waals surface area contributed by atoms with Gasteiger partial charge in [0.2, 0.25) is 0 Å². The van der Waals surface area contributed by atoms with E-state index in [1.807, 2.05) is 11.7 Å². The van der Waals surface area contributed by atoms with Gasteiger partial charge in [0.15, 0.2) is 0 Å². The molecule has 1 aliphatic carbocycles. The highest BCUT2D eigenvalue weighted by Crippen LogP contribution is 2.32. The molecule has 0 spiro atoms. The van der Waals surface area contributed by atoms with E-state index in [0.29, 0.717) is 5.54 Å². The Kier molecular flexibility index (Phi) is 3.06. The van der Waals surface area contributed by atoms with Crippen LogP contribution in [0.4, 0.5) is 0 Å². The van der Waals surface area contributed by atoms with Crippen LogP contribution in [0.2, 0.25) is 0 Å². The molecule has 0 radical (unpaired) electrons. The van der Waals surface area contributed by atoms with E-state index in [4.69, 9.17) is 0 Å². The molecule has 1 aliphatic rings. The van der Waals surface area contributed by atoms with Crippen molar-refractivity contribution in [1.29, 1.82) is 0 Å². The van der Waals surface area contributed by atoms with Crippen molar-refractivity contribution in [3.8, 4) is 0 Å². The van der Waals surface area contributed by atoms with Gasteiger partial charge in [-0.25, -0.2) is 0 Å². The summed E-state index contributed by atoms with van der Waals surface area (Å²) >= 11 is 0. The highest BCUT2D eigenvalue weighted by atomic mass is 15.3. The minimum absolute atomic E-state index is 0.124. The monoisotopic (exact) mass is 235 g/mol. The molecule has 3 heteroatoms. The molecule has 0 unspecified atom stereocenters. The van der Waals surface area contributed by atoms with Crippen molar-refractivity contribution in [2.75, 3.05) is 0 Å². The van der Waals surface area contributed by atoms with Crippen molar-refractivity contribution >= 4 is 0 Å². The molecule has 1 N–H and O–H groups in total. The minimum atomic E-state index is 0.124. The summed E-state index contributed by atoms with van der Waals surface area (Å²) < 4.78 is 1.93. The van der Waals surface area contributed by atoms with Crippen molar-refractivity contribution in [3.63, 3.8) is 0 Å². The maximum atomic E-state index is 4.60. The Hall–Kier alpha value is -0.830. The molecule has 1 saturated carbocycles. The molecule has 1 aromatic rings. The molecule has 0 aliphatic heterocycles. The van der Waals surface area contributed by atoms with Crippen molar-refractivity contribution < 1.29 is 0 Å². The number of rotatable bonds is 3. The molecule has 1 heterocycles. The van der Waals surface area contributed by atoms with Gasteiger partial charge < -0.3 is 5.32 Å². The van der Waals surface area contributed by atoms with Crippen molar-refractivity contribution in [2.24, 2.45) is 7.05 Å². The molecule has 2 rings (SSSR count). The summed E-state index contributed by atoms with van der Waals surface area (Å²) in [4.78, 5) is 0. The Balaban J connectivity index is 2.10. The summed E-state index contributed by atoms with van der Waals surface area (Å²) in [6.45, 7) is 9.94. The van der Waals surface area contributed by atoms with Gasteiger partial charge in [0.05, 0.1) is 5.69 Å². The van der Waals surface area contributed by atoms with Gasteiger partial charge >= 0.3 is 0 Å². The first-order valence-corrected chi connectivity index (χ1v) is 6.58. The summed E-state index contributed by atoms with van der Waals surface area (Å²) in [5.41, 5.74) is 3.05. The second kappa shape index (κ2) is 4.13. The highest BCUT2D eigenvalue weighted by molar-refractivity contribution is 5.24. The fraction of sp³-hybridized carbons (Fsp3) is 0.786. The molecule has 0 saturated heterocycles. The molecule has 0 bridgehead atoms. The van der Waals surface area contributed by atoms with Crippen LogP contribution in [0.3, 0.4) is 0 Å². The predicted octanol–water partition coefficient (Wildman–Crippen LogP) is 2.75. The van der Waals surface area contributed by atoms with Crippen LogP contribution in [0.15, 0.2) is 6.20 Å².